The van der Waals surface area contributed by atoms with E-state index >= 15 is 0 Å². The van der Waals surface area contributed by atoms with Crippen molar-refractivity contribution >= 4 is 10.0 Å². The molecule has 0 unspecified atom stereocenters. The van der Waals surface area contributed by atoms with E-state index in [9.17, 15) is 8.42 Å². The highest BCUT2D eigenvalue weighted by molar-refractivity contribution is 7.89. The van der Waals surface area contributed by atoms with Crippen molar-refractivity contribution in [3.05, 3.63) is 27.8 Å². The Bertz CT molecular complexity index is 578. The maximum Gasteiger partial charge on any atom is 0.241 e. The first kappa shape index (κ1) is 18.1. The molecule has 0 spiro atoms. The lowest BCUT2D eigenvalue weighted by molar-refractivity contribution is 0.573. The Balaban J connectivity index is 3.04. The summed E-state index contributed by atoms with van der Waals surface area (Å²) in [5, 5.41) is 3.19. The van der Waals surface area contributed by atoms with E-state index in [4.69, 9.17) is 0 Å². The van der Waals surface area contributed by atoms with Gasteiger partial charge in [0, 0.05) is 6.54 Å². The Hall–Kier alpha value is -0.910. The second-order valence-electron chi connectivity index (χ2n) is 5.56. The van der Waals surface area contributed by atoms with Gasteiger partial charge in [-0.1, -0.05) is 6.92 Å². The minimum atomic E-state index is -3.45. The summed E-state index contributed by atoms with van der Waals surface area (Å²) >= 11 is 0. The van der Waals surface area contributed by atoms with Crippen molar-refractivity contribution in [3.63, 3.8) is 0 Å². The van der Waals surface area contributed by atoms with Gasteiger partial charge in [-0.2, -0.15) is 0 Å². The molecule has 0 saturated heterocycles. The number of nitrogens with one attached hydrogen (secondary N) is 2. The molecule has 1 rings (SSSR count). The molecule has 120 valence electrons. The molecule has 0 aliphatic carbocycles. The zero-order chi connectivity index (χ0) is 16.2. The van der Waals surface area contributed by atoms with Gasteiger partial charge < -0.3 is 5.32 Å². The zero-order valence-corrected chi connectivity index (χ0v) is 14.9. The maximum absolute atomic E-state index is 12.6. The predicted octanol–water partition coefficient (Wildman–Crippen LogP) is 2.51. The third-order valence-corrected chi connectivity index (χ3v) is 6.01. The van der Waals surface area contributed by atoms with Crippen LogP contribution in [-0.2, 0) is 10.0 Å². The Morgan fingerprint density at radius 1 is 0.810 bits per heavy atom. The van der Waals surface area contributed by atoms with Crippen molar-refractivity contribution in [3.8, 4) is 0 Å². The summed E-state index contributed by atoms with van der Waals surface area (Å²) in [6.45, 7) is 14.0. The number of hydrogen-bond donors (Lipinski definition) is 2. The standard InChI is InChI=1S/C16H28N2O2S/c1-7-17-9-8-10-18-21(19,20)16-14(5)12(3)11(2)13(4)15(16)6/h17-18H,7-10H2,1-6H3. The third kappa shape index (κ3) is 4.05. The summed E-state index contributed by atoms with van der Waals surface area (Å²) in [6.07, 6.45) is 0.787. The average Bonchev–Trinajstić information content (AvgIpc) is 2.42. The number of rotatable bonds is 7. The van der Waals surface area contributed by atoms with Crippen LogP contribution in [0.4, 0.5) is 0 Å². The van der Waals surface area contributed by atoms with Crippen LogP contribution in [0.15, 0.2) is 4.90 Å². The Kier molecular flexibility index (Phi) is 6.38. The molecule has 0 bridgehead atoms. The van der Waals surface area contributed by atoms with E-state index in [2.05, 4.69) is 10.0 Å². The normalized spacial score (nSPS) is 11.9. The Labute approximate surface area is 129 Å². The number of benzene rings is 1. The van der Waals surface area contributed by atoms with E-state index in [0.29, 0.717) is 11.4 Å². The van der Waals surface area contributed by atoms with Gasteiger partial charge in [-0.3, -0.25) is 0 Å². The lowest BCUT2D eigenvalue weighted by Gasteiger charge is -2.19. The second-order valence-corrected chi connectivity index (χ2v) is 7.26. The molecule has 0 amide bonds. The van der Waals surface area contributed by atoms with Gasteiger partial charge in [-0.25, -0.2) is 13.1 Å². The summed E-state index contributed by atoms with van der Waals surface area (Å²) < 4.78 is 27.9. The van der Waals surface area contributed by atoms with E-state index in [0.717, 1.165) is 41.8 Å². The van der Waals surface area contributed by atoms with E-state index in [1.54, 1.807) is 0 Å². The average molecular weight is 312 g/mol. The van der Waals surface area contributed by atoms with Gasteiger partial charge in [0.15, 0.2) is 0 Å². The molecule has 1 aromatic rings. The summed E-state index contributed by atoms with van der Waals surface area (Å²) in [5.41, 5.74) is 5.01. The number of sulfonamides is 1. The van der Waals surface area contributed by atoms with Crippen molar-refractivity contribution in [1.82, 2.24) is 10.0 Å². The van der Waals surface area contributed by atoms with Crippen molar-refractivity contribution < 1.29 is 8.42 Å². The first-order valence-corrected chi connectivity index (χ1v) is 8.99. The van der Waals surface area contributed by atoms with Crippen LogP contribution in [-0.4, -0.2) is 28.1 Å². The fourth-order valence-corrected chi connectivity index (χ4v) is 4.21. The summed E-state index contributed by atoms with van der Waals surface area (Å²) in [4.78, 5) is 0.451. The van der Waals surface area contributed by atoms with Gasteiger partial charge in [0.05, 0.1) is 4.90 Å². The van der Waals surface area contributed by atoms with Crippen LogP contribution in [0.25, 0.3) is 0 Å². The van der Waals surface area contributed by atoms with Crippen LogP contribution in [0.2, 0.25) is 0 Å². The van der Waals surface area contributed by atoms with Crippen LogP contribution in [0, 0.1) is 34.6 Å². The highest BCUT2D eigenvalue weighted by atomic mass is 32.2. The molecule has 5 heteroatoms. The molecule has 0 aromatic heterocycles. The van der Waals surface area contributed by atoms with Crippen LogP contribution in [0.1, 0.15) is 41.2 Å². The van der Waals surface area contributed by atoms with Crippen LogP contribution in [0.3, 0.4) is 0 Å². The minimum absolute atomic E-state index is 0.451. The molecular weight excluding hydrogens is 284 g/mol. The fourth-order valence-electron chi connectivity index (χ4n) is 2.54. The SMILES string of the molecule is CCNCCCNS(=O)(=O)c1c(C)c(C)c(C)c(C)c1C. The molecular formula is C16H28N2O2S. The largest absolute Gasteiger partial charge is 0.317 e. The highest BCUT2D eigenvalue weighted by Gasteiger charge is 2.22. The van der Waals surface area contributed by atoms with E-state index in [1.807, 2.05) is 41.5 Å². The van der Waals surface area contributed by atoms with Crippen LogP contribution < -0.4 is 10.0 Å². The first-order chi connectivity index (χ1) is 9.74. The quantitative estimate of drug-likeness (QED) is 0.761. The fraction of sp³-hybridized carbons (Fsp3) is 0.625. The lowest BCUT2D eigenvalue weighted by atomic mass is 9.95. The van der Waals surface area contributed by atoms with E-state index < -0.39 is 10.0 Å². The van der Waals surface area contributed by atoms with Crippen molar-refractivity contribution in [2.45, 2.75) is 52.9 Å². The molecule has 0 fully saturated rings. The molecule has 0 saturated carbocycles. The van der Waals surface area contributed by atoms with Gasteiger partial charge in [-0.15, -0.1) is 0 Å². The molecule has 21 heavy (non-hydrogen) atoms. The molecule has 4 nitrogen and oxygen atoms in total. The zero-order valence-electron chi connectivity index (χ0n) is 14.1. The Morgan fingerprint density at radius 3 is 1.76 bits per heavy atom. The van der Waals surface area contributed by atoms with Crippen LogP contribution >= 0.6 is 0 Å². The van der Waals surface area contributed by atoms with E-state index in [-0.39, 0.29) is 0 Å². The van der Waals surface area contributed by atoms with Gasteiger partial charge >= 0.3 is 0 Å². The molecule has 1 aromatic carbocycles. The highest BCUT2D eigenvalue weighted by Crippen LogP contribution is 2.29. The summed E-state index contributed by atoms with van der Waals surface area (Å²) in [6, 6.07) is 0. The van der Waals surface area contributed by atoms with E-state index in [1.165, 1.54) is 5.56 Å². The van der Waals surface area contributed by atoms with Gasteiger partial charge in [0.2, 0.25) is 10.0 Å². The van der Waals surface area contributed by atoms with Crippen LogP contribution in [0.5, 0.6) is 0 Å². The van der Waals surface area contributed by atoms with Gasteiger partial charge in [-0.05, 0) is 81.9 Å². The first-order valence-electron chi connectivity index (χ1n) is 7.51. The smallest absolute Gasteiger partial charge is 0.241 e. The monoisotopic (exact) mass is 312 g/mol. The number of hydrogen-bond acceptors (Lipinski definition) is 3. The molecule has 0 aliphatic heterocycles. The summed E-state index contributed by atoms with van der Waals surface area (Å²) in [5.74, 6) is 0. The van der Waals surface area contributed by atoms with Gasteiger partial charge in [0.25, 0.3) is 0 Å². The van der Waals surface area contributed by atoms with Crippen molar-refractivity contribution in [2.24, 2.45) is 0 Å². The third-order valence-electron chi connectivity index (χ3n) is 4.27. The minimum Gasteiger partial charge on any atom is -0.317 e. The Morgan fingerprint density at radius 2 is 1.29 bits per heavy atom. The predicted molar refractivity (Wildman–Crippen MR) is 88.5 cm³/mol. The molecule has 0 heterocycles. The summed E-state index contributed by atoms with van der Waals surface area (Å²) in [7, 11) is -3.45. The van der Waals surface area contributed by atoms with Crippen molar-refractivity contribution in [1.29, 1.82) is 0 Å². The second kappa shape index (κ2) is 7.38. The van der Waals surface area contributed by atoms with Crippen molar-refractivity contribution in [2.75, 3.05) is 19.6 Å². The molecule has 0 radical (unpaired) electrons. The van der Waals surface area contributed by atoms with Gasteiger partial charge in [0.1, 0.15) is 0 Å². The molecule has 0 aliphatic rings. The molecule has 2 N–H and O–H groups in total. The topological polar surface area (TPSA) is 58.2 Å². The molecule has 0 atom stereocenters. The maximum atomic E-state index is 12.6. The lowest BCUT2D eigenvalue weighted by Crippen LogP contribution is -2.29.